The van der Waals surface area contributed by atoms with Crippen LogP contribution in [0, 0.1) is 6.92 Å². The maximum absolute atomic E-state index is 11.4. The zero-order valence-corrected chi connectivity index (χ0v) is 11.9. The number of aromatic nitrogens is 1. The van der Waals surface area contributed by atoms with Crippen LogP contribution in [-0.4, -0.2) is 24.1 Å². The number of hydrogen-bond donors (Lipinski definition) is 2. The van der Waals surface area contributed by atoms with E-state index in [4.69, 9.17) is 5.73 Å². The molecule has 0 saturated carbocycles. The Morgan fingerprint density at radius 3 is 2.94 bits per heavy atom. The summed E-state index contributed by atoms with van der Waals surface area (Å²) in [5.41, 5.74) is 9.03. The van der Waals surface area contributed by atoms with Crippen molar-refractivity contribution in [2.24, 2.45) is 5.73 Å². The molecule has 0 amide bonds. The van der Waals surface area contributed by atoms with Gasteiger partial charge in [-0.25, -0.2) is 0 Å². The number of carbonyl (C=O) groups is 1. The number of carbonyl (C=O) groups excluding carboxylic acids is 1. The lowest BCUT2D eigenvalue weighted by Crippen LogP contribution is -2.33. The molecule has 0 saturated heterocycles. The van der Waals surface area contributed by atoms with E-state index in [-0.39, 0.29) is 0 Å². The fourth-order valence-electron chi connectivity index (χ4n) is 2.05. The lowest BCUT2D eigenvalue weighted by atomic mass is 10.0. The van der Waals surface area contributed by atoms with Crippen molar-refractivity contribution in [3.63, 3.8) is 0 Å². The molecule has 18 heavy (non-hydrogen) atoms. The highest BCUT2D eigenvalue weighted by molar-refractivity contribution is 9.10. The fraction of sp³-hybridized carbons (Fsp3) is 0.308. The molecule has 96 valence electrons. The number of hydrogen-bond acceptors (Lipinski definition) is 3. The van der Waals surface area contributed by atoms with Gasteiger partial charge in [-0.2, -0.15) is 0 Å². The summed E-state index contributed by atoms with van der Waals surface area (Å²) in [7, 11) is 1.34. The topological polar surface area (TPSA) is 68.1 Å². The summed E-state index contributed by atoms with van der Waals surface area (Å²) >= 11 is 3.53. The number of nitrogens with two attached hydrogens (primary N) is 1. The van der Waals surface area contributed by atoms with Crippen molar-refractivity contribution in [3.8, 4) is 0 Å². The number of ether oxygens (including phenoxy) is 1. The molecule has 0 aliphatic carbocycles. The lowest BCUT2D eigenvalue weighted by Gasteiger charge is -2.09. The molecule has 2 aromatic rings. The highest BCUT2D eigenvalue weighted by Crippen LogP contribution is 2.29. The van der Waals surface area contributed by atoms with Gasteiger partial charge in [-0.15, -0.1) is 0 Å². The maximum Gasteiger partial charge on any atom is 0.322 e. The first-order valence-corrected chi connectivity index (χ1v) is 6.42. The normalized spacial score (nSPS) is 12.7. The SMILES string of the molecule is COC(=O)C(N)Cc1c[nH]c2c(C)ccc(Br)c12. The minimum Gasteiger partial charge on any atom is -0.468 e. The second-order valence-corrected chi connectivity index (χ2v) is 5.12. The number of benzene rings is 1. The average Bonchev–Trinajstić information content (AvgIpc) is 2.78. The third-order valence-electron chi connectivity index (χ3n) is 3.02. The van der Waals surface area contributed by atoms with Crippen LogP contribution in [0.25, 0.3) is 10.9 Å². The molecular weight excluding hydrogens is 296 g/mol. The first kappa shape index (κ1) is 13.1. The Balaban J connectivity index is 2.41. The number of nitrogens with one attached hydrogen (secondary N) is 1. The van der Waals surface area contributed by atoms with Crippen LogP contribution in [0.1, 0.15) is 11.1 Å². The molecule has 5 heteroatoms. The quantitative estimate of drug-likeness (QED) is 0.855. The van der Waals surface area contributed by atoms with Gasteiger partial charge in [0.05, 0.1) is 7.11 Å². The number of fused-ring (bicyclic) bond motifs is 1. The molecule has 0 bridgehead atoms. The molecule has 0 aliphatic rings. The molecule has 1 aromatic heterocycles. The van der Waals surface area contributed by atoms with E-state index < -0.39 is 12.0 Å². The van der Waals surface area contributed by atoms with Crippen molar-refractivity contribution < 1.29 is 9.53 Å². The molecular formula is C13H15BrN2O2. The summed E-state index contributed by atoms with van der Waals surface area (Å²) in [4.78, 5) is 14.6. The van der Waals surface area contributed by atoms with E-state index >= 15 is 0 Å². The Labute approximate surface area is 114 Å². The van der Waals surface area contributed by atoms with Crippen LogP contribution < -0.4 is 5.73 Å². The number of rotatable bonds is 3. The summed E-state index contributed by atoms with van der Waals surface area (Å²) in [6.07, 6.45) is 2.35. The zero-order chi connectivity index (χ0) is 13.3. The van der Waals surface area contributed by atoms with Crippen LogP contribution in [0.3, 0.4) is 0 Å². The van der Waals surface area contributed by atoms with Gasteiger partial charge in [-0.3, -0.25) is 4.79 Å². The van der Waals surface area contributed by atoms with Gasteiger partial charge in [0, 0.05) is 28.0 Å². The van der Waals surface area contributed by atoms with Gasteiger partial charge in [0.15, 0.2) is 0 Å². The number of aryl methyl sites for hydroxylation is 1. The molecule has 0 fully saturated rings. The van der Waals surface area contributed by atoms with Gasteiger partial charge in [-0.1, -0.05) is 22.0 Å². The van der Waals surface area contributed by atoms with E-state index in [0.29, 0.717) is 6.42 Å². The largest absolute Gasteiger partial charge is 0.468 e. The third kappa shape index (κ3) is 2.28. The van der Waals surface area contributed by atoms with Crippen molar-refractivity contribution in [3.05, 3.63) is 33.9 Å². The first-order valence-electron chi connectivity index (χ1n) is 5.63. The number of esters is 1. The molecule has 4 nitrogen and oxygen atoms in total. The van der Waals surface area contributed by atoms with Gasteiger partial charge in [0.2, 0.25) is 0 Å². The second kappa shape index (κ2) is 5.12. The van der Waals surface area contributed by atoms with Crippen molar-refractivity contribution in [2.75, 3.05) is 7.11 Å². The van der Waals surface area contributed by atoms with Crippen LogP contribution in [-0.2, 0) is 16.0 Å². The summed E-state index contributed by atoms with van der Waals surface area (Å²) in [6, 6.07) is 3.40. The van der Waals surface area contributed by atoms with Crippen LogP contribution >= 0.6 is 15.9 Å². The standard InChI is InChI=1S/C13H15BrN2O2/c1-7-3-4-9(14)11-8(6-16-12(7)11)5-10(15)13(17)18-2/h3-4,6,10,16H,5,15H2,1-2H3. The van der Waals surface area contributed by atoms with E-state index in [2.05, 4.69) is 25.7 Å². The summed E-state index contributed by atoms with van der Waals surface area (Å²) in [5.74, 6) is -0.395. The number of halogens is 1. The summed E-state index contributed by atoms with van der Waals surface area (Å²) in [6.45, 7) is 2.04. The van der Waals surface area contributed by atoms with E-state index in [9.17, 15) is 4.79 Å². The molecule has 0 radical (unpaired) electrons. The predicted molar refractivity (Wildman–Crippen MR) is 74.4 cm³/mol. The maximum atomic E-state index is 11.4. The number of H-pyrrole nitrogens is 1. The monoisotopic (exact) mass is 310 g/mol. The van der Waals surface area contributed by atoms with Crippen LogP contribution in [0.15, 0.2) is 22.8 Å². The molecule has 1 heterocycles. The van der Waals surface area contributed by atoms with Gasteiger partial charge in [0.1, 0.15) is 6.04 Å². The van der Waals surface area contributed by atoms with Crippen LogP contribution in [0.5, 0.6) is 0 Å². The summed E-state index contributed by atoms with van der Waals surface area (Å²) in [5, 5.41) is 1.08. The highest BCUT2D eigenvalue weighted by Gasteiger charge is 2.18. The van der Waals surface area contributed by atoms with Crippen molar-refractivity contribution in [1.29, 1.82) is 0 Å². The van der Waals surface area contributed by atoms with E-state index in [1.165, 1.54) is 7.11 Å². The minimum atomic E-state index is -0.638. The first-order chi connectivity index (χ1) is 8.54. The second-order valence-electron chi connectivity index (χ2n) is 4.26. The minimum absolute atomic E-state index is 0.395. The molecule has 0 spiro atoms. The summed E-state index contributed by atoms with van der Waals surface area (Å²) < 4.78 is 5.64. The van der Waals surface area contributed by atoms with Crippen LogP contribution in [0.2, 0.25) is 0 Å². The van der Waals surface area contributed by atoms with Gasteiger partial charge in [0.25, 0.3) is 0 Å². The Hall–Kier alpha value is -1.33. The molecule has 2 rings (SSSR count). The Morgan fingerprint density at radius 1 is 1.56 bits per heavy atom. The van der Waals surface area contributed by atoms with Crippen molar-refractivity contribution in [1.82, 2.24) is 4.98 Å². The smallest absolute Gasteiger partial charge is 0.322 e. The van der Waals surface area contributed by atoms with Crippen molar-refractivity contribution >= 4 is 32.8 Å². The molecule has 1 aromatic carbocycles. The molecule has 3 N–H and O–H groups in total. The molecule has 1 atom stereocenters. The van der Waals surface area contributed by atoms with E-state index in [0.717, 1.165) is 26.5 Å². The Morgan fingerprint density at radius 2 is 2.28 bits per heavy atom. The van der Waals surface area contributed by atoms with Gasteiger partial charge >= 0.3 is 5.97 Å². The van der Waals surface area contributed by atoms with Crippen LogP contribution in [0.4, 0.5) is 0 Å². The highest BCUT2D eigenvalue weighted by atomic mass is 79.9. The third-order valence-corrected chi connectivity index (χ3v) is 3.68. The molecule has 1 unspecified atom stereocenters. The van der Waals surface area contributed by atoms with Crippen molar-refractivity contribution in [2.45, 2.75) is 19.4 Å². The average molecular weight is 311 g/mol. The predicted octanol–water partition coefficient (Wildman–Crippen LogP) is 2.28. The Kier molecular flexibility index (Phi) is 3.73. The van der Waals surface area contributed by atoms with E-state index in [1.54, 1.807) is 0 Å². The number of aromatic amines is 1. The fourth-order valence-corrected chi connectivity index (χ4v) is 2.63. The van der Waals surface area contributed by atoms with E-state index in [1.807, 2.05) is 25.3 Å². The molecule has 0 aliphatic heterocycles. The lowest BCUT2D eigenvalue weighted by molar-refractivity contribution is -0.142. The zero-order valence-electron chi connectivity index (χ0n) is 10.3. The Bertz CT molecular complexity index is 592. The number of methoxy groups -OCH3 is 1. The van der Waals surface area contributed by atoms with Gasteiger partial charge in [-0.05, 0) is 24.1 Å². The van der Waals surface area contributed by atoms with Gasteiger partial charge < -0.3 is 15.5 Å².